The van der Waals surface area contributed by atoms with Crippen molar-refractivity contribution < 1.29 is 9.53 Å². The van der Waals surface area contributed by atoms with Gasteiger partial charge in [-0.3, -0.25) is 4.79 Å². The lowest BCUT2D eigenvalue weighted by molar-refractivity contribution is -0.120. The first kappa shape index (κ1) is 20.2. The normalized spacial score (nSPS) is 15.8. The number of nitrogens with one attached hydrogen (secondary N) is 2. The third kappa shape index (κ3) is 5.27. The topological polar surface area (TPSA) is 68.2 Å². The summed E-state index contributed by atoms with van der Waals surface area (Å²) in [5.74, 6) is 1.53. The third-order valence-electron chi connectivity index (χ3n) is 5.52. The Morgan fingerprint density at radius 3 is 2.80 bits per heavy atom. The van der Waals surface area contributed by atoms with Gasteiger partial charge in [0.1, 0.15) is 5.75 Å². The number of rotatable bonds is 8. The highest BCUT2D eigenvalue weighted by atomic mass is 16.5. The van der Waals surface area contributed by atoms with Crippen LogP contribution in [0.2, 0.25) is 0 Å². The lowest BCUT2D eigenvalue weighted by Gasteiger charge is -2.09. The van der Waals surface area contributed by atoms with Gasteiger partial charge in [0.2, 0.25) is 5.91 Å². The smallest absolute Gasteiger partial charge is 0.224 e. The van der Waals surface area contributed by atoms with Gasteiger partial charge >= 0.3 is 0 Å². The largest absolute Gasteiger partial charge is 0.497 e. The van der Waals surface area contributed by atoms with Crippen LogP contribution in [0.1, 0.15) is 23.1 Å². The zero-order chi connectivity index (χ0) is 20.8. The maximum atomic E-state index is 12.3. The van der Waals surface area contributed by atoms with E-state index in [0.29, 0.717) is 13.0 Å². The average Bonchev–Trinajstić information content (AvgIpc) is 3.46. The van der Waals surface area contributed by atoms with Crippen molar-refractivity contribution in [2.75, 3.05) is 20.2 Å². The zero-order valence-electron chi connectivity index (χ0n) is 17.3. The molecule has 2 N–H and O–H groups in total. The molecule has 3 aromatic rings. The van der Waals surface area contributed by atoms with Gasteiger partial charge in [0.05, 0.1) is 25.4 Å². The molecule has 0 radical (unpaired) electrons. The van der Waals surface area contributed by atoms with Crippen molar-refractivity contribution >= 4 is 5.91 Å². The Labute approximate surface area is 177 Å². The zero-order valence-corrected chi connectivity index (χ0v) is 17.3. The standard InChI is InChI=1S/C24H28N4O2/c1-30-23-4-2-3-22(13-23)28-17-21(16-27-28)15-26-24(29)12-19-7-5-18(6-8-19)11-20-9-10-25-14-20/h2-8,13,16-17,20,25H,9-12,14-15H2,1H3,(H,26,29). The summed E-state index contributed by atoms with van der Waals surface area (Å²) in [6, 6.07) is 16.1. The molecule has 1 amide bonds. The van der Waals surface area contributed by atoms with Gasteiger partial charge in [0, 0.05) is 24.4 Å². The van der Waals surface area contributed by atoms with E-state index in [0.717, 1.165) is 48.0 Å². The summed E-state index contributed by atoms with van der Waals surface area (Å²) >= 11 is 0. The van der Waals surface area contributed by atoms with Crippen LogP contribution in [-0.4, -0.2) is 35.9 Å². The van der Waals surface area contributed by atoms with Gasteiger partial charge in [-0.05, 0) is 55.1 Å². The predicted molar refractivity (Wildman–Crippen MR) is 117 cm³/mol. The minimum absolute atomic E-state index is 0.0110. The lowest BCUT2D eigenvalue weighted by Crippen LogP contribution is -2.24. The molecule has 1 atom stereocenters. The number of hydrogen-bond acceptors (Lipinski definition) is 4. The van der Waals surface area contributed by atoms with E-state index in [1.165, 1.54) is 12.0 Å². The Bertz CT molecular complexity index is 975. The van der Waals surface area contributed by atoms with Crippen molar-refractivity contribution in [3.63, 3.8) is 0 Å². The number of amides is 1. The molecule has 1 aromatic heterocycles. The summed E-state index contributed by atoms with van der Waals surface area (Å²) in [6.45, 7) is 2.69. The van der Waals surface area contributed by atoms with Crippen LogP contribution in [0.5, 0.6) is 5.75 Å². The van der Waals surface area contributed by atoms with Gasteiger partial charge in [0.25, 0.3) is 0 Å². The molecule has 0 bridgehead atoms. The second kappa shape index (κ2) is 9.59. The third-order valence-corrected chi connectivity index (χ3v) is 5.52. The van der Waals surface area contributed by atoms with Crippen LogP contribution in [0.15, 0.2) is 60.9 Å². The average molecular weight is 405 g/mol. The van der Waals surface area contributed by atoms with E-state index >= 15 is 0 Å². The van der Waals surface area contributed by atoms with E-state index in [1.54, 1.807) is 18.0 Å². The van der Waals surface area contributed by atoms with Gasteiger partial charge in [-0.2, -0.15) is 5.10 Å². The van der Waals surface area contributed by atoms with Gasteiger partial charge in [-0.15, -0.1) is 0 Å². The SMILES string of the molecule is COc1cccc(-n2cc(CNC(=O)Cc3ccc(CC4CCNC4)cc3)cn2)c1. The van der Waals surface area contributed by atoms with Crippen molar-refractivity contribution in [2.45, 2.75) is 25.8 Å². The molecule has 0 spiro atoms. The molecule has 2 aromatic carbocycles. The number of methoxy groups -OCH3 is 1. The fraction of sp³-hybridized carbons (Fsp3) is 0.333. The second-order valence-electron chi connectivity index (χ2n) is 7.83. The molecule has 1 aliphatic heterocycles. The Kier molecular flexibility index (Phi) is 6.44. The first-order valence-corrected chi connectivity index (χ1v) is 10.4. The maximum Gasteiger partial charge on any atom is 0.224 e. The molecule has 6 heteroatoms. The highest BCUT2D eigenvalue weighted by Gasteiger charge is 2.14. The lowest BCUT2D eigenvalue weighted by atomic mass is 9.97. The first-order chi connectivity index (χ1) is 14.7. The molecule has 1 unspecified atom stereocenters. The minimum atomic E-state index is 0.0110. The summed E-state index contributed by atoms with van der Waals surface area (Å²) in [4.78, 5) is 12.3. The van der Waals surface area contributed by atoms with E-state index in [1.807, 2.05) is 30.5 Å². The Morgan fingerprint density at radius 1 is 1.20 bits per heavy atom. The molecular weight excluding hydrogens is 376 g/mol. The molecule has 0 saturated carbocycles. The Morgan fingerprint density at radius 2 is 2.03 bits per heavy atom. The summed E-state index contributed by atoms with van der Waals surface area (Å²) in [7, 11) is 1.64. The van der Waals surface area contributed by atoms with Crippen molar-refractivity contribution in [3.8, 4) is 11.4 Å². The summed E-state index contributed by atoms with van der Waals surface area (Å²) < 4.78 is 7.04. The fourth-order valence-corrected chi connectivity index (χ4v) is 3.81. The second-order valence-corrected chi connectivity index (χ2v) is 7.83. The molecular formula is C24H28N4O2. The number of carbonyl (C=O) groups excluding carboxylic acids is 1. The van der Waals surface area contributed by atoms with Gasteiger partial charge in [0.15, 0.2) is 0 Å². The summed E-state index contributed by atoms with van der Waals surface area (Å²) in [5, 5.41) is 10.8. The highest BCUT2D eigenvalue weighted by molar-refractivity contribution is 5.78. The molecule has 2 heterocycles. The van der Waals surface area contributed by atoms with Crippen LogP contribution in [0.4, 0.5) is 0 Å². The van der Waals surface area contributed by atoms with Crippen LogP contribution >= 0.6 is 0 Å². The van der Waals surface area contributed by atoms with Crippen molar-refractivity contribution in [3.05, 3.63) is 77.6 Å². The highest BCUT2D eigenvalue weighted by Crippen LogP contribution is 2.17. The number of carbonyl (C=O) groups is 1. The molecule has 156 valence electrons. The van der Waals surface area contributed by atoms with Crippen molar-refractivity contribution in [1.82, 2.24) is 20.4 Å². The van der Waals surface area contributed by atoms with Crippen LogP contribution in [0, 0.1) is 5.92 Å². The Balaban J connectivity index is 1.27. The van der Waals surface area contributed by atoms with E-state index in [2.05, 4.69) is 40.0 Å². The van der Waals surface area contributed by atoms with Crippen molar-refractivity contribution in [2.24, 2.45) is 5.92 Å². The summed E-state index contributed by atoms with van der Waals surface area (Å²) in [5.41, 5.74) is 4.25. The van der Waals surface area contributed by atoms with Gasteiger partial charge in [-0.25, -0.2) is 4.68 Å². The van der Waals surface area contributed by atoms with Crippen LogP contribution in [-0.2, 0) is 24.2 Å². The molecule has 1 aliphatic rings. The molecule has 30 heavy (non-hydrogen) atoms. The molecule has 1 fully saturated rings. The number of aromatic nitrogens is 2. The van der Waals surface area contributed by atoms with E-state index in [4.69, 9.17) is 4.74 Å². The number of nitrogens with zero attached hydrogens (tertiary/aromatic N) is 2. The van der Waals surface area contributed by atoms with Crippen LogP contribution in [0.25, 0.3) is 5.69 Å². The molecule has 1 saturated heterocycles. The van der Waals surface area contributed by atoms with Gasteiger partial charge < -0.3 is 15.4 Å². The number of benzene rings is 2. The van der Waals surface area contributed by atoms with Crippen LogP contribution in [0.3, 0.4) is 0 Å². The first-order valence-electron chi connectivity index (χ1n) is 10.4. The molecule has 4 rings (SSSR count). The molecule has 0 aliphatic carbocycles. The monoisotopic (exact) mass is 404 g/mol. The summed E-state index contributed by atoms with van der Waals surface area (Å²) in [6.07, 6.45) is 6.43. The van der Waals surface area contributed by atoms with E-state index < -0.39 is 0 Å². The van der Waals surface area contributed by atoms with Crippen molar-refractivity contribution in [1.29, 1.82) is 0 Å². The fourth-order valence-electron chi connectivity index (χ4n) is 3.81. The van der Waals surface area contributed by atoms with E-state index in [9.17, 15) is 4.79 Å². The maximum absolute atomic E-state index is 12.3. The minimum Gasteiger partial charge on any atom is -0.497 e. The quantitative estimate of drug-likeness (QED) is 0.606. The predicted octanol–water partition coefficient (Wildman–Crippen LogP) is 2.89. The number of hydrogen-bond donors (Lipinski definition) is 2. The Hall–Kier alpha value is -3.12. The van der Waals surface area contributed by atoms with E-state index in [-0.39, 0.29) is 5.91 Å². The van der Waals surface area contributed by atoms with Gasteiger partial charge in [-0.1, -0.05) is 30.3 Å². The van der Waals surface area contributed by atoms with Crippen LogP contribution < -0.4 is 15.4 Å². The molecule has 6 nitrogen and oxygen atoms in total. The number of ether oxygens (including phenoxy) is 1.